The Morgan fingerprint density at radius 3 is 2.90 bits per heavy atom. The zero-order chi connectivity index (χ0) is 14.7. The van der Waals surface area contributed by atoms with Gasteiger partial charge >= 0.3 is 0 Å². The van der Waals surface area contributed by atoms with Crippen LogP contribution < -0.4 is 5.32 Å². The molecule has 0 spiro atoms. The van der Waals surface area contributed by atoms with E-state index in [-0.39, 0.29) is 11.9 Å². The van der Waals surface area contributed by atoms with Crippen LogP contribution in [0.25, 0.3) is 10.9 Å². The van der Waals surface area contributed by atoms with E-state index in [4.69, 9.17) is 0 Å². The maximum absolute atomic E-state index is 12.4. The Morgan fingerprint density at radius 1 is 1.24 bits per heavy atom. The van der Waals surface area contributed by atoms with Crippen molar-refractivity contribution in [2.75, 3.05) is 0 Å². The van der Waals surface area contributed by atoms with Crippen molar-refractivity contribution in [2.24, 2.45) is 0 Å². The van der Waals surface area contributed by atoms with Crippen LogP contribution in [0.5, 0.6) is 0 Å². The molecule has 2 heterocycles. The SMILES string of the molecule is C[C@H](Cn1cccn1)NC(=O)c1cccc2cccnc12. The van der Waals surface area contributed by atoms with E-state index in [2.05, 4.69) is 15.4 Å². The molecule has 0 bridgehead atoms. The van der Waals surface area contributed by atoms with E-state index in [1.165, 1.54) is 0 Å². The first-order valence-corrected chi connectivity index (χ1v) is 6.86. The lowest BCUT2D eigenvalue weighted by atomic mass is 10.1. The van der Waals surface area contributed by atoms with Crippen LogP contribution in [0.3, 0.4) is 0 Å². The van der Waals surface area contributed by atoms with Crippen LogP contribution in [0.15, 0.2) is 55.0 Å². The Labute approximate surface area is 122 Å². The number of para-hydroxylation sites is 1. The van der Waals surface area contributed by atoms with Crippen LogP contribution in [0.2, 0.25) is 0 Å². The fourth-order valence-corrected chi connectivity index (χ4v) is 2.32. The standard InChI is InChI=1S/C16H16N4O/c1-12(11-20-10-4-9-18-20)19-16(21)14-7-2-5-13-6-3-8-17-15(13)14/h2-10,12H,11H2,1H3,(H,19,21)/t12-/m1/s1. The van der Waals surface area contributed by atoms with Crippen LogP contribution in [0.4, 0.5) is 0 Å². The van der Waals surface area contributed by atoms with Gasteiger partial charge in [0.15, 0.2) is 0 Å². The number of nitrogens with one attached hydrogen (secondary N) is 1. The topological polar surface area (TPSA) is 59.8 Å². The molecule has 1 atom stereocenters. The highest BCUT2D eigenvalue weighted by atomic mass is 16.1. The summed E-state index contributed by atoms with van der Waals surface area (Å²) >= 11 is 0. The third-order valence-electron chi connectivity index (χ3n) is 3.27. The number of hydrogen-bond acceptors (Lipinski definition) is 3. The Balaban J connectivity index is 1.78. The highest BCUT2D eigenvalue weighted by Gasteiger charge is 2.13. The molecule has 0 saturated carbocycles. The zero-order valence-electron chi connectivity index (χ0n) is 11.7. The second-order valence-electron chi connectivity index (χ2n) is 4.98. The Bertz CT molecular complexity index is 747. The molecule has 5 nitrogen and oxygen atoms in total. The van der Waals surface area contributed by atoms with Gasteiger partial charge in [-0.2, -0.15) is 5.10 Å². The molecule has 106 valence electrons. The third kappa shape index (κ3) is 2.91. The van der Waals surface area contributed by atoms with Gasteiger partial charge in [-0.05, 0) is 25.1 Å². The van der Waals surface area contributed by atoms with Gasteiger partial charge in [-0.25, -0.2) is 0 Å². The first-order chi connectivity index (χ1) is 10.2. The van der Waals surface area contributed by atoms with Crippen molar-refractivity contribution < 1.29 is 4.79 Å². The molecule has 2 aromatic heterocycles. The van der Waals surface area contributed by atoms with E-state index in [1.54, 1.807) is 23.1 Å². The van der Waals surface area contributed by atoms with Crippen molar-refractivity contribution >= 4 is 16.8 Å². The summed E-state index contributed by atoms with van der Waals surface area (Å²) in [5.41, 5.74) is 1.32. The van der Waals surface area contributed by atoms with Crippen LogP contribution in [-0.2, 0) is 6.54 Å². The molecule has 0 fully saturated rings. The summed E-state index contributed by atoms with van der Waals surface area (Å²) in [7, 11) is 0. The lowest BCUT2D eigenvalue weighted by Gasteiger charge is -2.14. The van der Waals surface area contributed by atoms with Gasteiger partial charge in [-0.15, -0.1) is 0 Å². The summed E-state index contributed by atoms with van der Waals surface area (Å²) in [6.07, 6.45) is 5.30. The molecular formula is C16H16N4O. The van der Waals surface area contributed by atoms with Gasteiger partial charge in [0.1, 0.15) is 0 Å². The monoisotopic (exact) mass is 280 g/mol. The summed E-state index contributed by atoms with van der Waals surface area (Å²) in [4.78, 5) is 16.7. The van der Waals surface area contributed by atoms with E-state index < -0.39 is 0 Å². The lowest BCUT2D eigenvalue weighted by Crippen LogP contribution is -2.35. The van der Waals surface area contributed by atoms with Gasteiger partial charge in [-0.1, -0.05) is 18.2 Å². The first-order valence-electron chi connectivity index (χ1n) is 6.86. The van der Waals surface area contributed by atoms with Gasteiger partial charge in [-0.3, -0.25) is 14.5 Å². The summed E-state index contributed by atoms with van der Waals surface area (Å²) < 4.78 is 1.80. The van der Waals surface area contributed by atoms with Gasteiger partial charge in [0, 0.05) is 30.0 Å². The van der Waals surface area contributed by atoms with Crippen LogP contribution in [-0.4, -0.2) is 26.7 Å². The Hall–Kier alpha value is -2.69. The molecular weight excluding hydrogens is 264 g/mol. The fraction of sp³-hybridized carbons (Fsp3) is 0.188. The predicted octanol–water partition coefficient (Wildman–Crippen LogP) is 2.25. The second-order valence-corrected chi connectivity index (χ2v) is 4.98. The average molecular weight is 280 g/mol. The Morgan fingerprint density at radius 2 is 2.10 bits per heavy atom. The average Bonchev–Trinajstić information content (AvgIpc) is 2.99. The second kappa shape index (κ2) is 5.75. The van der Waals surface area contributed by atoms with Crippen molar-refractivity contribution in [3.63, 3.8) is 0 Å². The summed E-state index contributed by atoms with van der Waals surface area (Å²) in [6, 6.07) is 11.3. The third-order valence-corrected chi connectivity index (χ3v) is 3.27. The normalized spacial score (nSPS) is 12.2. The Kier molecular flexibility index (Phi) is 3.64. The first kappa shape index (κ1) is 13.3. The summed E-state index contributed by atoms with van der Waals surface area (Å²) in [5, 5.41) is 8.09. The number of carbonyl (C=O) groups is 1. The molecule has 0 saturated heterocycles. The zero-order valence-corrected chi connectivity index (χ0v) is 11.7. The molecule has 3 rings (SSSR count). The number of fused-ring (bicyclic) bond motifs is 1. The molecule has 0 radical (unpaired) electrons. The van der Waals surface area contributed by atoms with Crippen LogP contribution in [0, 0.1) is 0 Å². The molecule has 3 aromatic rings. The number of nitrogens with zero attached hydrogens (tertiary/aromatic N) is 3. The number of benzene rings is 1. The highest BCUT2D eigenvalue weighted by Crippen LogP contribution is 2.15. The summed E-state index contributed by atoms with van der Waals surface area (Å²) in [6.45, 7) is 2.59. The molecule has 0 aliphatic carbocycles. The number of rotatable bonds is 4. The highest BCUT2D eigenvalue weighted by molar-refractivity contribution is 6.05. The molecule has 0 aliphatic rings. The lowest BCUT2D eigenvalue weighted by molar-refractivity contribution is 0.0937. The van der Waals surface area contributed by atoms with Crippen molar-refractivity contribution in [1.29, 1.82) is 0 Å². The minimum absolute atomic E-state index is 0.0173. The molecule has 1 N–H and O–H groups in total. The largest absolute Gasteiger partial charge is 0.348 e. The molecule has 0 unspecified atom stereocenters. The quantitative estimate of drug-likeness (QED) is 0.797. The van der Waals surface area contributed by atoms with Gasteiger partial charge in [0.25, 0.3) is 5.91 Å². The smallest absolute Gasteiger partial charge is 0.253 e. The van der Waals surface area contributed by atoms with Crippen LogP contribution >= 0.6 is 0 Å². The maximum atomic E-state index is 12.4. The minimum atomic E-state index is -0.112. The summed E-state index contributed by atoms with van der Waals surface area (Å²) in [5.74, 6) is -0.112. The molecule has 1 aromatic carbocycles. The van der Waals surface area contributed by atoms with Crippen molar-refractivity contribution in [1.82, 2.24) is 20.1 Å². The van der Waals surface area contributed by atoms with Gasteiger partial charge < -0.3 is 5.32 Å². The van der Waals surface area contributed by atoms with E-state index >= 15 is 0 Å². The number of aromatic nitrogens is 3. The van der Waals surface area contributed by atoms with E-state index in [0.29, 0.717) is 12.1 Å². The molecule has 1 amide bonds. The van der Waals surface area contributed by atoms with Crippen molar-refractivity contribution in [3.8, 4) is 0 Å². The van der Waals surface area contributed by atoms with E-state index in [9.17, 15) is 4.79 Å². The van der Waals surface area contributed by atoms with Gasteiger partial charge in [0.2, 0.25) is 0 Å². The molecule has 5 heteroatoms. The molecule has 0 aliphatic heterocycles. The van der Waals surface area contributed by atoms with Crippen LogP contribution in [0.1, 0.15) is 17.3 Å². The van der Waals surface area contributed by atoms with Crippen molar-refractivity contribution in [2.45, 2.75) is 19.5 Å². The number of carbonyl (C=O) groups excluding carboxylic acids is 1. The van der Waals surface area contributed by atoms with Gasteiger partial charge in [0.05, 0.1) is 17.6 Å². The van der Waals surface area contributed by atoms with E-state index in [1.807, 2.05) is 43.5 Å². The maximum Gasteiger partial charge on any atom is 0.253 e. The number of pyridine rings is 1. The van der Waals surface area contributed by atoms with E-state index in [0.717, 1.165) is 10.9 Å². The predicted molar refractivity (Wildman–Crippen MR) is 80.9 cm³/mol. The number of amides is 1. The minimum Gasteiger partial charge on any atom is -0.348 e. The fourth-order valence-electron chi connectivity index (χ4n) is 2.32. The number of hydrogen-bond donors (Lipinski definition) is 1. The van der Waals surface area contributed by atoms with Crippen molar-refractivity contribution in [3.05, 3.63) is 60.6 Å². The molecule has 21 heavy (non-hydrogen) atoms.